The molecule has 0 unspecified atom stereocenters. The molecule has 1 amide bonds. The largest absolute Gasteiger partial charge is 0.422 e. The Morgan fingerprint density at radius 2 is 1.70 bits per heavy atom. The van der Waals surface area contributed by atoms with Crippen molar-refractivity contribution in [1.82, 2.24) is 5.43 Å². The van der Waals surface area contributed by atoms with Crippen LogP contribution in [0.15, 0.2) is 82.4 Å². The number of esters is 1. The zero-order chi connectivity index (χ0) is 21.5. The number of carbonyl (C=O) groups is 2. The van der Waals surface area contributed by atoms with Crippen molar-refractivity contribution in [2.24, 2.45) is 5.10 Å². The number of nitro benzene ring substituents is 1. The summed E-state index contributed by atoms with van der Waals surface area (Å²) in [7, 11) is 0. The van der Waals surface area contributed by atoms with Crippen molar-refractivity contribution in [1.29, 1.82) is 0 Å². The Morgan fingerprint density at radius 3 is 2.33 bits per heavy atom. The smallest absolute Gasteiger partial charge is 0.343 e. The Morgan fingerprint density at radius 1 is 1.00 bits per heavy atom. The van der Waals surface area contributed by atoms with E-state index in [0.717, 1.165) is 0 Å². The molecule has 0 heterocycles. The van der Waals surface area contributed by atoms with Crippen LogP contribution in [0.2, 0.25) is 0 Å². The molecule has 0 saturated heterocycles. The summed E-state index contributed by atoms with van der Waals surface area (Å²) in [5.41, 5.74) is 3.64. The normalized spacial score (nSPS) is 10.6. The molecule has 30 heavy (non-hydrogen) atoms. The van der Waals surface area contributed by atoms with Gasteiger partial charge in [0.15, 0.2) is 0 Å². The average molecular weight is 468 g/mol. The number of halogens is 1. The van der Waals surface area contributed by atoms with E-state index in [1.165, 1.54) is 30.5 Å². The first-order valence-electron chi connectivity index (χ1n) is 8.58. The molecule has 0 aliphatic rings. The van der Waals surface area contributed by atoms with Gasteiger partial charge in [-0.25, -0.2) is 10.2 Å². The lowest BCUT2D eigenvalue weighted by Gasteiger charge is -2.07. The lowest BCUT2D eigenvalue weighted by Crippen LogP contribution is -2.17. The van der Waals surface area contributed by atoms with Crippen molar-refractivity contribution < 1.29 is 19.2 Å². The predicted molar refractivity (Wildman–Crippen MR) is 114 cm³/mol. The highest BCUT2D eigenvalue weighted by Gasteiger charge is 2.13. The van der Waals surface area contributed by atoms with Gasteiger partial charge in [-0.15, -0.1) is 0 Å². The van der Waals surface area contributed by atoms with E-state index in [2.05, 4.69) is 26.5 Å². The standard InChI is InChI=1S/C21H14BrN3O5/c22-18-12-14(13-23-24-20(26)15-4-2-1-3-5-15)6-11-19(18)30-21(27)16-7-9-17(10-8-16)25(28)29/h1-13H,(H,24,26)/b23-13-. The van der Waals surface area contributed by atoms with Gasteiger partial charge < -0.3 is 4.74 Å². The van der Waals surface area contributed by atoms with E-state index in [1.54, 1.807) is 42.5 Å². The van der Waals surface area contributed by atoms with Crippen LogP contribution >= 0.6 is 15.9 Å². The minimum absolute atomic E-state index is 0.115. The maximum Gasteiger partial charge on any atom is 0.343 e. The number of nitro groups is 1. The van der Waals surface area contributed by atoms with Crippen LogP contribution in [0.25, 0.3) is 0 Å². The predicted octanol–water partition coefficient (Wildman–Crippen LogP) is 4.34. The van der Waals surface area contributed by atoms with Crippen LogP contribution in [0, 0.1) is 10.1 Å². The molecular weight excluding hydrogens is 454 g/mol. The highest BCUT2D eigenvalue weighted by Crippen LogP contribution is 2.26. The van der Waals surface area contributed by atoms with Crippen LogP contribution in [-0.2, 0) is 0 Å². The lowest BCUT2D eigenvalue weighted by molar-refractivity contribution is -0.384. The number of non-ortho nitro benzene ring substituents is 1. The molecule has 0 aliphatic heterocycles. The van der Waals surface area contributed by atoms with Gasteiger partial charge in [0.2, 0.25) is 0 Å². The lowest BCUT2D eigenvalue weighted by atomic mass is 10.2. The molecule has 0 aromatic heterocycles. The van der Waals surface area contributed by atoms with Gasteiger partial charge in [-0.1, -0.05) is 18.2 Å². The zero-order valence-corrected chi connectivity index (χ0v) is 16.9. The number of rotatable bonds is 6. The second-order valence-corrected chi connectivity index (χ2v) is 6.80. The quantitative estimate of drug-likeness (QED) is 0.190. The van der Waals surface area contributed by atoms with Gasteiger partial charge in [-0.2, -0.15) is 5.10 Å². The number of carbonyl (C=O) groups excluding carboxylic acids is 2. The summed E-state index contributed by atoms with van der Waals surface area (Å²) in [6, 6.07) is 18.7. The fourth-order valence-electron chi connectivity index (χ4n) is 2.38. The van der Waals surface area contributed by atoms with Crippen molar-refractivity contribution in [2.75, 3.05) is 0 Å². The second-order valence-electron chi connectivity index (χ2n) is 5.95. The number of hydrogen-bond acceptors (Lipinski definition) is 6. The SMILES string of the molecule is O=C(N/N=C\c1ccc(OC(=O)c2ccc([N+](=O)[O-])cc2)c(Br)c1)c1ccccc1. The van der Waals surface area contributed by atoms with Gasteiger partial charge >= 0.3 is 5.97 Å². The van der Waals surface area contributed by atoms with E-state index in [0.29, 0.717) is 15.6 Å². The molecule has 0 bridgehead atoms. The van der Waals surface area contributed by atoms with Gasteiger partial charge in [0, 0.05) is 17.7 Å². The van der Waals surface area contributed by atoms with Gasteiger partial charge in [-0.3, -0.25) is 14.9 Å². The van der Waals surface area contributed by atoms with Crippen LogP contribution < -0.4 is 10.2 Å². The number of amides is 1. The minimum atomic E-state index is -0.651. The van der Waals surface area contributed by atoms with E-state index in [1.807, 2.05) is 6.07 Å². The molecule has 3 aromatic rings. The van der Waals surface area contributed by atoms with Gasteiger partial charge in [0.1, 0.15) is 5.75 Å². The summed E-state index contributed by atoms with van der Waals surface area (Å²) in [6.07, 6.45) is 1.45. The molecule has 0 spiro atoms. The number of benzene rings is 3. The maximum absolute atomic E-state index is 12.2. The first-order valence-corrected chi connectivity index (χ1v) is 9.38. The summed E-state index contributed by atoms with van der Waals surface area (Å²) >= 11 is 3.32. The first kappa shape index (κ1) is 20.9. The number of hydrazone groups is 1. The van der Waals surface area contributed by atoms with Crippen LogP contribution in [-0.4, -0.2) is 23.0 Å². The Labute approximate surface area is 179 Å². The molecule has 3 rings (SSSR count). The Balaban J connectivity index is 1.62. The summed E-state index contributed by atoms with van der Waals surface area (Å²) in [6.45, 7) is 0. The molecule has 0 aliphatic carbocycles. The number of hydrogen-bond donors (Lipinski definition) is 1. The molecular formula is C21H14BrN3O5. The Hall–Kier alpha value is -3.85. The number of nitrogens with one attached hydrogen (secondary N) is 1. The van der Waals surface area contributed by atoms with Crippen LogP contribution in [0.4, 0.5) is 5.69 Å². The van der Waals surface area contributed by atoms with Crippen molar-refractivity contribution in [3.63, 3.8) is 0 Å². The van der Waals surface area contributed by atoms with Crippen molar-refractivity contribution in [3.8, 4) is 5.75 Å². The summed E-state index contributed by atoms with van der Waals surface area (Å²) in [4.78, 5) is 34.3. The average Bonchev–Trinajstić information content (AvgIpc) is 2.76. The van der Waals surface area contributed by atoms with E-state index >= 15 is 0 Å². The van der Waals surface area contributed by atoms with Crippen molar-refractivity contribution in [3.05, 3.63) is 104 Å². The third kappa shape index (κ3) is 5.36. The van der Waals surface area contributed by atoms with Gasteiger partial charge in [-0.05, 0) is 64.0 Å². The van der Waals surface area contributed by atoms with Crippen LogP contribution in [0.3, 0.4) is 0 Å². The minimum Gasteiger partial charge on any atom is -0.422 e. The van der Waals surface area contributed by atoms with E-state index in [-0.39, 0.29) is 22.9 Å². The fourth-order valence-corrected chi connectivity index (χ4v) is 2.86. The van der Waals surface area contributed by atoms with Crippen LogP contribution in [0.1, 0.15) is 26.3 Å². The van der Waals surface area contributed by atoms with Gasteiger partial charge in [0.25, 0.3) is 11.6 Å². The van der Waals surface area contributed by atoms with E-state index in [9.17, 15) is 19.7 Å². The number of nitrogens with zero attached hydrogens (tertiary/aromatic N) is 2. The first-order chi connectivity index (χ1) is 14.4. The maximum atomic E-state index is 12.2. The molecule has 3 aromatic carbocycles. The third-order valence-corrected chi connectivity index (χ3v) is 4.51. The Bertz CT molecular complexity index is 1120. The summed E-state index contributed by atoms with van der Waals surface area (Å²) in [5.74, 6) is -0.717. The van der Waals surface area contributed by atoms with Crippen molar-refractivity contribution >= 4 is 39.7 Å². The number of ether oxygens (including phenoxy) is 1. The van der Waals surface area contributed by atoms with Crippen LogP contribution in [0.5, 0.6) is 5.75 Å². The monoisotopic (exact) mass is 467 g/mol. The molecule has 0 fully saturated rings. The fraction of sp³-hybridized carbons (Fsp3) is 0. The van der Waals surface area contributed by atoms with Gasteiger partial charge in [0.05, 0.1) is 21.2 Å². The highest BCUT2D eigenvalue weighted by molar-refractivity contribution is 9.10. The summed E-state index contributed by atoms with van der Waals surface area (Å²) in [5, 5.41) is 14.6. The second kappa shape index (κ2) is 9.57. The Kier molecular flexibility index (Phi) is 6.66. The molecule has 1 N–H and O–H groups in total. The zero-order valence-electron chi connectivity index (χ0n) is 15.3. The molecule has 0 atom stereocenters. The topological polar surface area (TPSA) is 111 Å². The van der Waals surface area contributed by atoms with E-state index < -0.39 is 10.9 Å². The highest BCUT2D eigenvalue weighted by atomic mass is 79.9. The molecule has 8 nitrogen and oxygen atoms in total. The van der Waals surface area contributed by atoms with Crippen molar-refractivity contribution in [2.45, 2.75) is 0 Å². The molecule has 0 saturated carbocycles. The van der Waals surface area contributed by atoms with E-state index in [4.69, 9.17) is 4.74 Å². The molecule has 0 radical (unpaired) electrons. The molecule has 9 heteroatoms. The third-order valence-electron chi connectivity index (χ3n) is 3.89. The molecule has 150 valence electrons. The summed E-state index contributed by atoms with van der Waals surface area (Å²) < 4.78 is 5.81.